The molecule has 1 N–H and O–H groups in total. The molecule has 1 nitrogen and oxygen atoms in total. The monoisotopic (exact) mass is 259 g/mol. The lowest BCUT2D eigenvalue weighted by molar-refractivity contribution is 0.590. The summed E-state index contributed by atoms with van der Waals surface area (Å²) in [6, 6.07) is 16.2. The van der Waals surface area contributed by atoms with E-state index >= 15 is 0 Å². The molecule has 0 aliphatic heterocycles. The van der Waals surface area contributed by atoms with E-state index in [2.05, 4.69) is 50.4 Å². The number of hydrogen-bond donors (Lipinski definition) is 1. The van der Waals surface area contributed by atoms with Crippen LogP contribution in [0.25, 0.3) is 0 Å². The van der Waals surface area contributed by atoms with Crippen LogP contribution in [0.5, 0.6) is 0 Å². The SMILES string of the molecule is CC(C)(C)c1cccc(Nc2cccc(Cl)c2)c1. The minimum absolute atomic E-state index is 0.159. The number of halogens is 1. The number of hydrogen-bond acceptors (Lipinski definition) is 1. The number of rotatable bonds is 2. The van der Waals surface area contributed by atoms with Gasteiger partial charge in [-0.05, 0) is 41.3 Å². The predicted octanol–water partition coefficient (Wildman–Crippen LogP) is 5.38. The summed E-state index contributed by atoms with van der Waals surface area (Å²) >= 11 is 5.97. The average Bonchev–Trinajstić information content (AvgIpc) is 2.28. The van der Waals surface area contributed by atoms with Gasteiger partial charge in [0.05, 0.1) is 0 Å². The second-order valence-electron chi connectivity index (χ2n) is 5.47. The molecule has 0 aliphatic rings. The van der Waals surface area contributed by atoms with Crippen molar-refractivity contribution in [3.05, 3.63) is 59.1 Å². The maximum atomic E-state index is 5.97. The molecule has 0 radical (unpaired) electrons. The lowest BCUT2D eigenvalue weighted by Gasteiger charge is -2.20. The highest BCUT2D eigenvalue weighted by Crippen LogP contribution is 2.26. The van der Waals surface area contributed by atoms with Gasteiger partial charge in [-0.1, -0.05) is 50.6 Å². The van der Waals surface area contributed by atoms with Gasteiger partial charge in [0.2, 0.25) is 0 Å². The Hall–Kier alpha value is -1.47. The zero-order chi connectivity index (χ0) is 13.2. The Morgan fingerprint density at radius 2 is 1.50 bits per heavy atom. The molecule has 0 saturated heterocycles. The Kier molecular flexibility index (Phi) is 3.63. The van der Waals surface area contributed by atoms with Crippen molar-refractivity contribution in [3.63, 3.8) is 0 Å². The van der Waals surface area contributed by atoms with Gasteiger partial charge in [0.1, 0.15) is 0 Å². The van der Waals surface area contributed by atoms with Gasteiger partial charge in [0.15, 0.2) is 0 Å². The summed E-state index contributed by atoms with van der Waals surface area (Å²) in [5, 5.41) is 4.12. The molecule has 0 saturated carbocycles. The second kappa shape index (κ2) is 5.03. The van der Waals surface area contributed by atoms with Crippen LogP contribution in [0.2, 0.25) is 5.02 Å². The minimum atomic E-state index is 0.159. The molecule has 0 spiro atoms. The summed E-state index contributed by atoms with van der Waals surface area (Å²) < 4.78 is 0. The van der Waals surface area contributed by atoms with E-state index in [1.165, 1.54) is 5.56 Å². The van der Waals surface area contributed by atoms with Gasteiger partial charge in [-0.25, -0.2) is 0 Å². The van der Waals surface area contributed by atoms with Crippen molar-refractivity contribution < 1.29 is 0 Å². The van der Waals surface area contributed by atoms with Crippen LogP contribution in [0.1, 0.15) is 26.3 Å². The molecule has 2 aromatic rings. The molecule has 18 heavy (non-hydrogen) atoms. The van der Waals surface area contributed by atoms with E-state index in [-0.39, 0.29) is 5.41 Å². The molecule has 2 rings (SSSR count). The Balaban J connectivity index is 2.25. The van der Waals surface area contributed by atoms with Crippen molar-refractivity contribution in [2.75, 3.05) is 5.32 Å². The third-order valence-electron chi connectivity index (χ3n) is 2.84. The van der Waals surface area contributed by atoms with Gasteiger partial charge < -0.3 is 5.32 Å². The predicted molar refractivity (Wildman–Crippen MR) is 79.9 cm³/mol. The summed E-state index contributed by atoms with van der Waals surface area (Å²) in [6.45, 7) is 6.64. The summed E-state index contributed by atoms with van der Waals surface area (Å²) in [7, 11) is 0. The molecular formula is C16H18ClN. The largest absolute Gasteiger partial charge is 0.355 e. The molecule has 0 aliphatic carbocycles. The van der Waals surface area contributed by atoms with E-state index in [4.69, 9.17) is 11.6 Å². The maximum absolute atomic E-state index is 5.97. The summed E-state index contributed by atoms with van der Waals surface area (Å²) in [5.41, 5.74) is 3.57. The third-order valence-corrected chi connectivity index (χ3v) is 3.08. The Morgan fingerprint density at radius 3 is 2.11 bits per heavy atom. The minimum Gasteiger partial charge on any atom is -0.355 e. The van der Waals surface area contributed by atoms with Crippen molar-refractivity contribution in [2.45, 2.75) is 26.2 Å². The Bertz CT molecular complexity index is 541. The molecule has 0 bridgehead atoms. The number of nitrogens with one attached hydrogen (secondary N) is 1. The molecule has 0 fully saturated rings. The smallest absolute Gasteiger partial charge is 0.0426 e. The van der Waals surface area contributed by atoms with Crippen LogP contribution in [0, 0.1) is 0 Å². The lowest BCUT2D eigenvalue weighted by atomic mass is 9.87. The quantitative estimate of drug-likeness (QED) is 0.763. The van der Waals surface area contributed by atoms with E-state index < -0.39 is 0 Å². The Labute approximate surface area is 114 Å². The molecule has 0 heterocycles. The van der Waals surface area contributed by atoms with Gasteiger partial charge >= 0.3 is 0 Å². The van der Waals surface area contributed by atoms with Crippen molar-refractivity contribution in [1.82, 2.24) is 0 Å². The summed E-state index contributed by atoms with van der Waals surface area (Å²) in [4.78, 5) is 0. The lowest BCUT2D eigenvalue weighted by Crippen LogP contribution is -2.10. The molecule has 2 heteroatoms. The Morgan fingerprint density at radius 1 is 0.889 bits per heavy atom. The highest BCUT2D eigenvalue weighted by Gasteiger charge is 2.13. The normalized spacial score (nSPS) is 11.3. The van der Waals surface area contributed by atoms with Gasteiger partial charge in [0.25, 0.3) is 0 Å². The van der Waals surface area contributed by atoms with Crippen LogP contribution in [0.15, 0.2) is 48.5 Å². The van der Waals surface area contributed by atoms with E-state index in [1.807, 2.05) is 24.3 Å². The fourth-order valence-corrected chi connectivity index (χ4v) is 1.99. The maximum Gasteiger partial charge on any atom is 0.0426 e. The van der Waals surface area contributed by atoms with Crippen molar-refractivity contribution in [3.8, 4) is 0 Å². The molecule has 0 atom stereocenters. The highest BCUT2D eigenvalue weighted by atomic mass is 35.5. The van der Waals surface area contributed by atoms with Crippen molar-refractivity contribution in [1.29, 1.82) is 0 Å². The van der Waals surface area contributed by atoms with Crippen LogP contribution in [0.3, 0.4) is 0 Å². The van der Waals surface area contributed by atoms with Gasteiger partial charge in [-0.2, -0.15) is 0 Å². The number of benzene rings is 2. The fraction of sp³-hybridized carbons (Fsp3) is 0.250. The van der Waals surface area contributed by atoms with Crippen LogP contribution < -0.4 is 5.32 Å². The van der Waals surface area contributed by atoms with Gasteiger partial charge in [0, 0.05) is 16.4 Å². The first-order valence-corrected chi connectivity index (χ1v) is 6.46. The molecule has 2 aromatic carbocycles. The van der Waals surface area contributed by atoms with E-state index in [0.717, 1.165) is 16.4 Å². The van der Waals surface area contributed by atoms with Crippen LogP contribution >= 0.6 is 11.6 Å². The van der Waals surface area contributed by atoms with Crippen LogP contribution in [-0.4, -0.2) is 0 Å². The molecule has 0 unspecified atom stereocenters. The van der Waals surface area contributed by atoms with E-state index in [1.54, 1.807) is 0 Å². The zero-order valence-corrected chi connectivity index (χ0v) is 11.8. The fourth-order valence-electron chi connectivity index (χ4n) is 1.80. The van der Waals surface area contributed by atoms with Gasteiger partial charge in [-0.3, -0.25) is 0 Å². The van der Waals surface area contributed by atoms with E-state index in [9.17, 15) is 0 Å². The average molecular weight is 260 g/mol. The summed E-state index contributed by atoms with van der Waals surface area (Å²) in [6.07, 6.45) is 0. The first-order valence-electron chi connectivity index (χ1n) is 6.08. The molecule has 0 aromatic heterocycles. The molecule has 0 amide bonds. The molecule has 94 valence electrons. The topological polar surface area (TPSA) is 12.0 Å². The van der Waals surface area contributed by atoms with Crippen LogP contribution in [-0.2, 0) is 5.41 Å². The summed E-state index contributed by atoms with van der Waals surface area (Å²) in [5.74, 6) is 0. The number of anilines is 2. The first-order chi connectivity index (χ1) is 8.45. The first kappa shape index (κ1) is 13.0. The third kappa shape index (κ3) is 3.27. The highest BCUT2D eigenvalue weighted by molar-refractivity contribution is 6.30. The van der Waals surface area contributed by atoms with Crippen LogP contribution in [0.4, 0.5) is 11.4 Å². The van der Waals surface area contributed by atoms with Crippen molar-refractivity contribution >= 4 is 23.0 Å². The van der Waals surface area contributed by atoms with Crippen molar-refractivity contribution in [2.24, 2.45) is 0 Å². The molecular weight excluding hydrogens is 242 g/mol. The standard InChI is InChI=1S/C16H18ClN/c1-16(2,3)12-6-4-8-14(10-12)18-15-9-5-7-13(17)11-15/h4-11,18H,1-3H3. The van der Waals surface area contributed by atoms with E-state index in [0.29, 0.717) is 0 Å². The zero-order valence-electron chi connectivity index (χ0n) is 11.0. The second-order valence-corrected chi connectivity index (χ2v) is 5.90. The van der Waals surface area contributed by atoms with Gasteiger partial charge in [-0.15, -0.1) is 0 Å².